The van der Waals surface area contributed by atoms with Crippen molar-refractivity contribution in [3.05, 3.63) is 81.9 Å². The van der Waals surface area contributed by atoms with E-state index in [9.17, 15) is 14.7 Å². The SMILES string of the molecule is O=C(O)C1=CN(Cc2ccc(Cl)cc2)C2C=CC(N3CCOCC3)=C(F)C=C2C1=O. The second-order valence-electron chi connectivity index (χ2n) is 7.21. The number of morpholine rings is 1. The van der Waals surface area contributed by atoms with E-state index in [4.69, 9.17) is 16.3 Å². The van der Waals surface area contributed by atoms with Gasteiger partial charge in [-0.2, -0.15) is 0 Å². The molecule has 8 heteroatoms. The van der Waals surface area contributed by atoms with Crippen molar-refractivity contribution in [2.45, 2.75) is 12.6 Å². The van der Waals surface area contributed by atoms with E-state index in [1.165, 1.54) is 12.3 Å². The molecule has 1 atom stereocenters. The molecule has 0 amide bonds. The van der Waals surface area contributed by atoms with Gasteiger partial charge in [0.1, 0.15) is 11.4 Å². The second kappa shape index (κ2) is 8.45. The lowest BCUT2D eigenvalue weighted by Gasteiger charge is -2.34. The fraction of sp³-hybridized carbons (Fsp3) is 0.273. The lowest BCUT2D eigenvalue weighted by Crippen LogP contribution is -2.39. The van der Waals surface area contributed by atoms with Gasteiger partial charge in [-0.3, -0.25) is 4.79 Å². The third kappa shape index (κ3) is 4.04. The average molecular weight is 431 g/mol. The molecule has 0 spiro atoms. The molecule has 0 radical (unpaired) electrons. The molecule has 2 aliphatic heterocycles. The molecule has 1 aromatic rings. The number of nitrogens with zero attached hydrogens (tertiary/aromatic N) is 2. The van der Waals surface area contributed by atoms with Gasteiger partial charge in [0, 0.05) is 36.4 Å². The minimum absolute atomic E-state index is 0.0980. The standard InChI is InChI=1S/C22H20ClFN2O4/c23-15-3-1-14(2-4-15)12-26-13-17(22(28)29)21(27)16-11-18(24)20(6-5-19(16)26)25-7-9-30-10-8-25/h1-6,11,13,19H,7-10,12H2,(H,28,29). The highest BCUT2D eigenvalue weighted by atomic mass is 35.5. The zero-order valence-corrected chi connectivity index (χ0v) is 16.8. The number of benzene rings is 1. The molecule has 0 saturated carbocycles. The fourth-order valence-corrected chi connectivity index (χ4v) is 3.89. The molecule has 1 unspecified atom stereocenters. The van der Waals surface area contributed by atoms with Crippen LogP contribution in [0.1, 0.15) is 5.56 Å². The van der Waals surface area contributed by atoms with Gasteiger partial charge in [0.05, 0.1) is 25.0 Å². The number of halogens is 2. The number of ether oxygens (including phenoxy) is 1. The van der Waals surface area contributed by atoms with Crippen LogP contribution in [0.4, 0.5) is 4.39 Å². The molecule has 4 rings (SSSR count). The van der Waals surface area contributed by atoms with Crippen molar-refractivity contribution in [1.82, 2.24) is 9.80 Å². The van der Waals surface area contributed by atoms with Crippen molar-refractivity contribution in [2.75, 3.05) is 26.3 Å². The summed E-state index contributed by atoms with van der Waals surface area (Å²) >= 11 is 5.95. The molecule has 6 nitrogen and oxygen atoms in total. The van der Waals surface area contributed by atoms with Crippen LogP contribution in [0, 0.1) is 0 Å². The van der Waals surface area contributed by atoms with Crippen LogP contribution in [0.3, 0.4) is 0 Å². The highest BCUT2D eigenvalue weighted by Crippen LogP contribution is 2.31. The Kier molecular flexibility index (Phi) is 5.74. The van der Waals surface area contributed by atoms with Gasteiger partial charge in [0.15, 0.2) is 5.78 Å². The summed E-state index contributed by atoms with van der Waals surface area (Å²) in [6.07, 6.45) is 5.91. The molecule has 1 N–H and O–H groups in total. The Morgan fingerprint density at radius 1 is 1.23 bits per heavy atom. The van der Waals surface area contributed by atoms with Gasteiger partial charge in [0.2, 0.25) is 0 Å². The van der Waals surface area contributed by atoms with Crippen LogP contribution in [0.25, 0.3) is 0 Å². The summed E-state index contributed by atoms with van der Waals surface area (Å²) < 4.78 is 20.4. The zero-order chi connectivity index (χ0) is 21.3. The van der Waals surface area contributed by atoms with Gasteiger partial charge in [0.25, 0.3) is 0 Å². The number of aliphatic carboxylic acids is 1. The van der Waals surface area contributed by atoms with Crippen LogP contribution in [0.15, 0.2) is 71.4 Å². The van der Waals surface area contributed by atoms with Crippen LogP contribution in [0.5, 0.6) is 0 Å². The van der Waals surface area contributed by atoms with E-state index >= 15 is 4.39 Å². The van der Waals surface area contributed by atoms with Gasteiger partial charge in [-0.25, -0.2) is 9.18 Å². The number of carboxylic acid groups (broad SMARTS) is 1. The molecule has 156 valence electrons. The van der Waals surface area contributed by atoms with Gasteiger partial charge < -0.3 is 19.6 Å². The van der Waals surface area contributed by atoms with Crippen molar-refractivity contribution in [3.63, 3.8) is 0 Å². The van der Waals surface area contributed by atoms with E-state index < -0.39 is 23.6 Å². The molecular weight excluding hydrogens is 411 g/mol. The predicted octanol–water partition coefficient (Wildman–Crippen LogP) is 3.07. The van der Waals surface area contributed by atoms with Crippen LogP contribution in [-0.2, 0) is 20.9 Å². The monoisotopic (exact) mass is 430 g/mol. The Hall–Kier alpha value is -2.90. The number of carboxylic acids is 1. The number of carbonyl (C=O) groups excluding carboxylic acids is 1. The molecule has 0 aromatic heterocycles. The first kappa shape index (κ1) is 20.4. The van der Waals surface area contributed by atoms with E-state index in [2.05, 4.69) is 0 Å². The first-order valence-electron chi connectivity index (χ1n) is 9.56. The number of carbonyl (C=O) groups is 2. The van der Waals surface area contributed by atoms with Crippen LogP contribution >= 0.6 is 11.6 Å². The quantitative estimate of drug-likeness (QED) is 0.740. The molecular formula is C22H20ClFN2O4. The normalized spacial score (nSPS) is 21.8. The van der Waals surface area contributed by atoms with Gasteiger partial charge in [-0.05, 0) is 29.8 Å². The number of allylic oxidation sites excluding steroid dienone is 3. The number of Topliss-reactive ketones (excluding diaryl/α,β-unsaturated/α-hetero) is 1. The van der Waals surface area contributed by atoms with E-state index in [1.54, 1.807) is 29.2 Å². The molecule has 2 heterocycles. The minimum Gasteiger partial charge on any atom is -0.477 e. The lowest BCUT2D eigenvalue weighted by atomic mass is 9.92. The van der Waals surface area contributed by atoms with Crippen molar-refractivity contribution in [2.24, 2.45) is 0 Å². The molecule has 1 aliphatic carbocycles. The number of hydrogen-bond acceptors (Lipinski definition) is 5. The Bertz CT molecular complexity index is 991. The summed E-state index contributed by atoms with van der Waals surface area (Å²) in [5.41, 5.74) is 0.966. The Morgan fingerprint density at radius 3 is 2.60 bits per heavy atom. The fourth-order valence-electron chi connectivity index (χ4n) is 3.77. The zero-order valence-electron chi connectivity index (χ0n) is 16.1. The van der Waals surface area contributed by atoms with Gasteiger partial charge >= 0.3 is 5.97 Å². The van der Waals surface area contributed by atoms with Crippen LogP contribution < -0.4 is 0 Å². The first-order chi connectivity index (χ1) is 14.4. The smallest absolute Gasteiger partial charge is 0.341 e. The van der Waals surface area contributed by atoms with Crippen molar-refractivity contribution < 1.29 is 23.8 Å². The Balaban J connectivity index is 1.72. The maximum atomic E-state index is 15.1. The van der Waals surface area contributed by atoms with Crippen molar-refractivity contribution in [1.29, 1.82) is 0 Å². The molecule has 3 aliphatic rings. The molecule has 0 bridgehead atoms. The first-order valence-corrected chi connectivity index (χ1v) is 9.94. The van der Waals surface area contributed by atoms with E-state index in [1.807, 2.05) is 17.0 Å². The highest BCUT2D eigenvalue weighted by molar-refractivity contribution is 6.30. The molecule has 1 saturated heterocycles. The van der Waals surface area contributed by atoms with E-state index in [0.29, 0.717) is 43.6 Å². The van der Waals surface area contributed by atoms with E-state index in [0.717, 1.165) is 5.56 Å². The van der Waals surface area contributed by atoms with Crippen molar-refractivity contribution >= 4 is 23.4 Å². The maximum Gasteiger partial charge on any atom is 0.341 e. The third-order valence-electron chi connectivity index (χ3n) is 5.30. The summed E-state index contributed by atoms with van der Waals surface area (Å²) in [7, 11) is 0. The second-order valence-corrected chi connectivity index (χ2v) is 7.65. The summed E-state index contributed by atoms with van der Waals surface area (Å²) in [6.45, 7) is 2.42. The summed E-state index contributed by atoms with van der Waals surface area (Å²) in [6, 6.07) is 6.56. The third-order valence-corrected chi connectivity index (χ3v) is 5.55. The van der Waals surface area contributed by atoms with E-state index in [-0.39, 0.29) is 11.1 Å². The topological polar surface area (TPSA) is 70.1 Å². The Morgan fingerprint density at radius 2 is 1.93 bits per heavy atom. The summed E-state index contributed by atoms with van der Waals surface area (Å²) in [5, 5.41) is 10.1. The largest absolute Gasteiger partial charge is 0.477 e. The minimum atomic E-state index is -1.34. The van der Waals surface area contributed by atoms with Crippen molar-refractivity contribution in [3.8, 4) is 0 Å². The number of rotatable bonds is 4. The number of fused-ring (bicyclic) bond motifs is 1. The maximum absolute atomic E-state index is 15.1. The predicted molar refractivity (Wildman–Crippen MR) is 109 cm³/mol. The number of hydrogen-bond donors (Lipinski definition) is 1. The number of ketones is 1. The van der Waals surface area contributed by atoms with Crippen LogP contribution in [-0.4, -0.2) is 59.0 Å². The molecule has 1 aromatic carbocycles. The summed E-state index contributed by atoms with van der Waals surface area (Å²) in [5.74, 6) is -2.58. The highest BCUT2D eigenvalue weighted by Gasteiger charge is 2.36. The molecule has 1 fully saturated rings. The van der Waals surface area contributed by atoms with Gasteiger partial charge in [-0.15, -0.1) is 0 Å². The average Bonchev–Trinajstić information content (AvgIpc) is 2.91. The summed E-state index contributed by atoms with van der Waals surface area (Å²) in [4.78, 5) is 28.1. The van der Waals surface area contributed by atoms with Gasteiger partial charge in [-0.1, -0.05) is 29.8 Å². The molecule has 30 heavy (non-hydrogen) atoms. The van der Waals surface area contributed by atoms with Crippen LogP contribution in [0.2, 0.25) is 5.02 Å². The lowest BCUT2D eigenvalue weighted by molar-refractivity contribution is -0.134. The Labute approximate surface area is 178 Å².